The minimum Gasteiger partial charge on any atom is -0.481 e. The number of rotatable bonds is 7. The van der Waals surface area contributed by atoms with Crippen LogP contribution in [0.1, 0.15) is 48.1 Å². The average molecular weight is 394 g/mol. The summed E-state index contributed by atoms with van der Waals surface area (Å²) in [6, 6.07) is 9.68. The molecule has 1 saturated carbocycles. The molecule has 1 aliphatic carbocycles. The SMILES string of the molecule is CCc1c(C)nc(-c2cc(C3CC3)cs2)nc1Nc1ccc(CC(=O)O)cc1. The van der Waals surface area contributed by atoms with Gasteiger partial charge in [0.15, 0.2) is 5.82 Å². The van der Waals surface area contributed by atoms with Crippen molar-refractivity contribution in [2.45, 2.75) is 45.4 Å². The van der Waals surface area contributed by atoms with Crippen LogP contribution in [0.25, 0.3) is 10.7 Å². The summed E-state index contributed by atoms with van der Waals surface area (Å²) >= 11 is 1.71. The predicted octanol–water partition coefficient (Wildman–Crippen LogP) is 5.32. The van der Waals surface area contributed by atoms with Gasteiger partial charge in [-0.25, -0.2) is 9.97 Å². The van der Waals surface area contributed by atoms with E-state index >= 15 is 0 Å². The van der Waals surface area contributed by atoms with Crippen LogP contribution in [0.15, 0.2) is 35.7 Å². The van der Waals surface area contributed by atoms with Gasteiger partial charge in [-0.05, 0) is 66.8 Å². The van der Waals surface area contributed by atoms with Crippen LogP contribution in [0.5, 0.6) is 0 Å². The van der Waals surface area contributed by atoms with Crippen molar-refractivity contribution in [3.8, 4) is 10.7 Å². The van der Waals surface area contributed by atoms with Gasteiger partial charge in [-0.1, -0.05) is 19.1 Å². The number of carboxylic acids is 1. The summed E-state index contributed by atoms with van der Waals surface area (Å²) in [6.45, 7) is 4.13. The maximum absolute atomic E-state index is 10.9. The van der Waals surface area contributed by atoms with Gasteiger partial charge in [0.25, 0.3) is 0 Å². The second-order valence-corrected chi connectivity index (χ2v) is 8.14. The highest BCUT2D eigenvalue weighted by atomic mass is 32.1. The van der Waals surface area contributed by atoms with E-state index in [0.717, 1.165) is 51.4 Å². The summed E-state index contributed by atoms with van der Waals surface area (Å²) in [6.07, 6.45) is 3.44. The molecule has 0 spiro atoms. The molecule has 1 fully saturated rings. The van der Waals surface area contributed by atoms with Crippen molar-refractivity contribution >= 4 is 28.8 Å². The molecule has 0 saturated heterocycles. The third-order valence-electron chi connectivity index (χ3n) is 5.03. The maximum Gasteiger partial charge on any atom is 0.307 e. The zero-order chi connectivity index (χ0) is 19.7. The lowest BCUT2D eigenvalue weighted by molar-refractivity contribution is -0.136. The molecule has 2 heterocycles. The molecule has 6 heteroatoms. The lowest BCUT2D eigenvalue weighted by Gasteiger charge is -2.14. The topological polar surface area (TPSA) is 75.1 Å². The fourth-order valence-corrected chi connectivity index (χ4v) is 4.27. The van der Waals surface area contributed by atoms with Gasteiger partial charge in [-0.15, -0.1) is 11.3 Å². The van der Waals surface area contributed by atoms with Gasteiger partial charge in [-0.3, -0.25) is 4.79 Å². The standard InChI is InChI=1S/C22H23N3O2S/c1-3-18-13(2)23-22(19-11-16(12-28-19)15-6-7-15)25-21(18)24-17-8-4-14(5-9-17)10-20(26)27/h4-5,8-9,11-12,15H,3,6-7,10H2,1-2H3,(H,26,27)(H,23,24,25). The second kappa shape index (κ2) is 7.72. The molecule has 1 aromatic carbocycles. The largest absolute Gasteiger partial charge is 0.481 e. The van der Waals surface area contributed by atoms with Gasteiger partial charge in [0.1, 0.15) is 5.82 Å². The number of thiophene rings is 1. The molecule has 4 rings (SSSR count). The Labute approximate surface area is 168 Å². The van der Waals surface area contributed by atoms with Crippen LogP contribution in [0.3, 0.4) is 0 Å². The molecule has 2 N–H and O–H groups in total. The lowest BCUT2D eigenvalue weighted by atomic mass is 10.1. The first-order valence-corrected chi connectivity index (χ1v) is 10.5. The van der Waals surface area contributed by atoms with Crippen LogP contribution in [-0.4, -0.2) is 21.0 Å². The highest BCUT2D eigenvalue weighted by molar-refractivity contribution is 7.13. The highest BCUT2D eigenvalue weighted by Crippen LogP contribution is 2.43. The fraction of sp³-hybridized carbons (Fsp3) is 0.318. The van der Waals surface area contributed by atoms with Crippen LogP contribution in [-0.2, 0) is 17.6 Å². The molecule has 1 aliphatic rings. The Kier molecular flexibility index (Phi) is 5.13. The van der Waals surface area contributed by atoms with Crippen molar-refractivity contribution in [2.24, 2.45) is 0 Å². The Balaban J connectivity index is 1.62. The fourth-order valence-electron chi connectivity index (χ4n) is 3.35. The molecule has 0 unspecified atom stereocenters. The van der Waals surface area contributed by atoms with Gasteiger partial charge in [0.2, 0.25) is 0 Å². The summed E-state index contributed by atoms with van der Waals surface area (Å²) in [4.78, 5) is 21.5. The quantitative estimate of drug-likeness (QED) is 0.568. The number of aromatic nitrogens is 2. The van der Waals surface area contributed by atoms with E-state index in [1.54, 1.807) is 11.3 Å². The number of nitrogens with zero attached hydrogens (tertiary/aromatic N) is 2. The number of anilines is 2. The summed E-state index contributed by atoms with van der Waals surface area (Å²) < 4.78 is 0. The van der Waals surface area contributed by atoms with E-state index in [1.165, 1.54) is 18.4 Å². The van der Waals surface area contributed by atoms with Crippen LogP contribution in [0.4, 0.5) is 11.5 Å². The van der Waals surface area contributed by atoms with E-state index < -0.39 is 5.97 Å². The smallest absolute Gasteiger partial charge is 0.307 e. The van der Waals surface area contributed by atoms with Crippen molar-refractivity contribution in [3.05, 3.63) is 58.1 Å². The molecule has 3 aromatic rings. The van der Waals surface area contributed by atoms with E-state index in [9.17, 15) is 4.79 Å². The number of aryl methyl sites for hydroxylation is 1. The number of benzene rings is 1. The Morgan fingerprint density at radius 3 is 2.64 bits per heavy atom. The first kappa shape index (κ1) is 18.6. The van der Waals surface area contributed by atoms with E-state index in [-0.39, 0.29) is 6.42 Å². The van der Waals surface area contributed by atoms with Crippen LogP contribution in [0.2, 0.25) is 0 Å². The third kappa shape index (κ3) is 4.07. The number of carboxylic acid groups (broad SMARTS) is 1. The number of carbonyl (C=O) groups is 1. The van der Waals surface area contributed by atoms with E-state index in [1.807, 2.05) is 31.2 Å². The van der Waals surface area contributed by atoms with Crippen molar-refractivity contribution in [3.63, 3.8) is 0 Å². The van der Waals surface area contributed by atoms with Crippen molar-refractivity contribution in [1.82, 2.24) is 9.97 Å². The zero-order valence-electron chi connectivity index (χ0n) is 16.0. The summed E-state index contributed by atoms with van der Waals surface area (Å²) in [7, 11) is 0. The minimum atomic E-state index is -0.827. The number of nitrogens with one attached hydrogen (secondary N) is 1. The third-order valence-corrected chi connectivity index (χ3v) is 5.97. The normalized spacial score (nSPS) is 13.5. The minimum absolute atomic E-state index is 0.0267. The summed E-state index contributed by atoms with van der Waals surface area (Å²) in [5.74, 6) is 1.48. The molecule has 5 nitrogen and oxygen atoms in total. The number of hydrogen-bond acceptors (Lipinski definition) is 5. The molecule has 0 amide bonds. The molecule has 0 bridgehead atoms. The van der Waals surface area contributed by atoms with Gasteiger partial charge in [0, 0.05) is 16.9 Å². The van der Waals surface area contributed by atoms with E-state index in [0.29, 0.717) is 0 Å². The molecule has 0 radical (unpaired) electrons. The van der Waals surface area contributed by atoms with E-state index in [2.05, 4.69) is 23.7 Å². The molecular formula is C22H23N3O2S. The second-order valence-electron chi connectivity index (χ2n) is 7.22. The first-order chi connectivity index (χ1) is 13.5. The van der Waals surface area contributed by atoms with Crippen molar-refractivity contribution in [2.75, 3.05) is 5.32 Å². The van der Waals surface area contributed by atoms with Gasteiger partial charge in [-0.2, -0.15) is 0 Å². The van der Waals surface area contributed by atoms with Crippen LogP contribution in [0, 0.1) is 6.92 Å². The number of hydrogen-bond donors (Lipinski definition) is 2. The molecule has 2 aromatic heterocycles. The molecule has 144 valence electrons. The van der Waals surface area contributed by atoms with Crippen molar-refractivity contribution in [1.29, 1.82) is 0 Å². The van der Waals surface area contributed by atoms with Crippen molar-refractivity contribution < 1.29 is 9.90 Å². The zero-order valence-corrected chi connectivity index (χ0v) is 16.8. The van der Waals surface area contributed by atoms with Crippen LogP contribution < -0.4 is 5.32 Å². The maximum atomic E-state index is 10.9. The monoisotopic (exact) mass is 393 g/mol. The van der Waals surface area contributed by atoms with Gasteiger partial charge in [0.05, 0.1) is 11.3 Å². The highest BCUT2D eigenvalue weighted by Gasteiger charge is 2.25. The lowest BCUT2D eigenvalue weighted by Crippen LogP contribution is -2.05. The predicted molar refractivity (Wildman–Crippen MR) is 112 cm³/mol. The summed E-state index contributed by atoms with van der Waals surface area (Å²) in [5, 5.41) is 14.6. The van der Waals surface area contributed by atoms with Crippen LogP contribution >= 0.6 is 11.3 Å². The first-order valence-electron chi connectivity index (χ1n) is 9.57. The van der Waals surface area contributed by atoms with Gasteiger partial charge < -0.3 is 10.4 Å². The average Bonchev–Trinajstić information content (AvgIpc) is 3.39. The molecule has 0 aliphatic heterocycles. The Hall–Kier alpha value is -2.73. The number of aliphatic carboxylic acids is 1. The Bertz CT molecular complexity index is 1010. The Morgan fingerprint density at radius 2 is 2.00 bits per heavy atom. The summed E-state index contributed by atoms with van der Waals surface area (Å²) in [5.41, 5.74) is 5.15. The van der Waals surface area contributed by atoms with Gasteiger partial charge >= 0.3 is 5.97 Å². The molecule has 0 atom stereocenters. The Morgan fingerprint density at radius 1 is 1.25 bits per heavy atom. The molecular weight excluding hydrogens is 370 g/mol. The molecule has 28 heavy (non-hydrogen) atoms. The van der Waals surface area contributed by atoms with E-state index in [4.69, 9.17) is 15.1 Å².